The SMILES string of the molecule is COc1cccc(C(COC(C)(C)C)NN)c1. The average molecular weight is 238 g/mol. The van der Waals surface area contributed by atoms with E-state index in [4.69, 9.17) is 15.3 Å². The smallest absolute Gasteiger partial charge is 0.119 e. The van der Waals surface area contributed by atoms with Crippen LogP contribution in [0.3, 0.4) is 0 Å². The molecule has 1 atom stereocenters. The highest BCUT2D eigenvalue weighted by Gasteiger charge is 2.16. The van der Waals surface area contributed by atoms with E-state index in [2.05, 4.69) is 5.43 Å². The summed E-state index contributed by atoms with van der Waals surface area (Å²) in [5, 5.41) is 0. The molecule has 0 spiro atoms. The molecule has 0 heterocycles. The van der Waals surface area contributed by atoms with E-state index in [0.717, 1.165) is 11.3 Å². The van der Waals surface area contributed by atoms with Gasteiger partial charge in [0.25, 0.3) is 0 Å². The lowest BCUT2D eigenvalue weighted by Gasteiger charge is -2.24. The summed E-state index contributed by atoms with van der Waals surface area (Å²) in [6.07, 6.45) is 0. The fourth-order valence-electron chi connectivity index (χ4n) is 1.43. The van der Waals surface area contributed by atoms with Crippen LogP contribution in [-0.2, 0) is 4.74 Å². The molecule has 4 heteroatoms. The molecule has 0 aliphatic rings. The summed E-state index contributed by atoms with van der Waals surface area (Å²) in [4.78, 5) is 0. The minimum atomic E-state index is -0.173. The minimum Gasteiger partial charge on any atom is -0.497 e. The minimum absolute atomic E-state index is 0.0377. The van der Waals surface area contributed by atoms with E-state index in [1.807, 2.05) is 45.0 Å². The third-order valence-electron chi connectivity index (χ3n) is 2.38. The van der Waals surface area contributed by atoms with Crippen molar-refractivity contribution >= 4 is 0 Å². The van der Waals surface area contributed by atoms with Gasteiger partial charge in [0.15, 0.2) is 0 Å². The summed E-state index contributed by atoms with van der Waals surface area (Å²) >= 11 is 0. The van der Waals surface area contributed by atoms with Crippen LogP contribution in [0.4, 0.5) is 0 Å². The zero-order valence-corrected chi connectivity index (χ0v) is 11.0. The highest BCUT2D eigenvalue weighted by Crippen LogP contribution is 2.20. The summed E-state index contributed by atoms with van der Waals surface area (Å²) in [7, 11) is 1.65. The topological polar surface area (TPSA) is 56.5 Å². The fraction of sp³-hybridized carbons (Fsp3) is 0.538. The highest BCUT2D eigenvalue weighted by molar-refractivity contribution is 5.30. The van der Waals surface area contributed by atoms with Crippen LogP contribution in [0.2, 0.25) is 0 Å². The van der Waals surface area contributed by atoms with Gasteiger partial charge in [-0.3, -0.25) is 11.3 Å². The molecule has 0 fully saturated rings. The van der Waals surface area contributed by atoms with Crippen LogP contribution in [0.1, 0.15) is 32.4 Å². The van der Waals surface area contributed by atoms with Gasteiger partial charge in [0, 0.05) is 0 Å². The number of ether oxygens (including phenoxy) is 2. The average Bonchev–Trinajstić information content (AvgIpc) is 2.29. The Labute approximate surface area is 103 Å². The molecule has 1 aromatic carbocycles. The maximum absolute atomic E-state index is 5.73. The standard InChI is InChI=1S/C13H22N2O2/c1-13(2,3)17-9-12(15-14)10-6-5-7-11(8-10)16-4/h5-8,12,15H,9,14H2,1-4H3. The predicted octanol–water partition coefficient (Wildman–Crippen LogP) is 2.01. The quantitative estimate of drug-likeness (QED) is 0.608. The van der Waals surface area contributed by atoms with Gasteiger partial charge in [-0.2, -0.15) is 0 Å². The first kappa shape index (κ1) is 14.0. The van der Waals surface area contributed by atoms with Crippen molar-refractivity contribution in [1.82, 2.24) is 5.43 Å². The van der Waals surface area contributed by atoms with Crippen LogP contribution >= 0.6 is 0 Å². The molecule has 1 aromatic rings. The first-order chi connectivity index (χ1) is 7.96. The van der Waals surface area contributed by atoms with Gasteiger partial charge in [0.1, 0.15) is 5.75 Å². The lowest BCUT2D eigenvalue weighted by Crippen LogP contribution is -2.34. The second-order valence-electron chi connectivity index (χ2n) is 4.92. The molecular formula is C13H22N2O2. The molecule has 0 aromatic heterocycles. The van der Waals surface area contributed by atoms with Gasteiger partial charge in [-0.25, -0.2) is 0 Å². The van der Waals surface area contributed by atoms with E-state index in [0.29, 0.717) is 6.61 Å². The normalized spacial score (nSPS) is 13.5. The molecule has 96 valence electrons. The molecular weight excluding hydrogens is 216 g/mol. The first-order valence-corrected chi connectivity index (χ1v) is 5.70. The maximum Gasteiger partial charge on any atom is 0.119 e. The van der Waals surface area contributed by atoms with Gasteiger partial charge < -0.3 is 9.47 Å². The molecule has 0 saturated carbocycles. The number of hydrazine groups is 1. The predicted molar refractivity (Wildman–Crippen MR) is 68.8 cm³/mol. The van der Waals surface area contributed by atoms with Crippen LogP contribution < -0.4 is 16.0 Å². The number of hydrogen-bond acceptors (Lipinski definition) is 4. The van der Waals surface area contributed by atoms with Crippen LogP contribution in [0.5, 0.6) is 5.75 Å². The van der Waals surface area contributed by atoms with Crippen LogP contribution in [0.25, 0.3) is 0 Å². The molecule has 0 bridgehead atoms. The summed E-state index contributed by atoms with van der Waals surface area (Å²) in [6.45, 7) is 6.58. The van der Waals surface area contributed by atoms with E-state index < -0.39 is 0 Å². The molecule has 0 amide bonds. The second kappa shape index (κ2) is 6.00. The second-order valence-corrected chi connectivity index (χ2v) is 4.92. The lowest BCUT2D eigenvalue weighted by atomic mass is 10.1. The number of methoxy groups -OCH3 is 1. The fourth-order valence-corrected chi connectivity index (χ4v) is 1.43. The summed E-state index contributed by atoms with van der Waals surface area (Å²) in [5.74, 6) is 6.37. The molecule has 0 aliphatic heterocycles. The molecule has 3 N–H and O–H groups in total. The number of rotatable bonds is 5. The summed E-state index contributed by atoms with van der Waals surface area (Å²) < 4.78 is 10.9. The van der Waals surface area contributed by atoms with Gasteiger partial charge in [0.05, 0.1) is 25.4 Å². The van der Waals surface area contributed by atoms with Gasteiger partial charge in [0.2, 0.25) is 0 Å². The van der Waals surface area contributed by atoms with Crippen LogP contribution in [0.15, 0.2) is 24.3 Å². The zero-order valence-electron chi connectivity index (χ0n) is 11.0. The largest absolute Gasteiger partial charge is 0.497 e. The number of hydrogen-bond donors (Lipinski definition) is 2. The Hall–Kier alpha value is -1.10. The molecule has 0 aliphatic carbocycles. The highest BCUT2D eigenvalue weighted by atomic mass is 16.5. The Bertz CT molecular complexity index is 348. The first-order valence-electron chi connectivity index (χ1n) is 5.70. The zero-order chi connectivity index (χ0) is 12.9. The van der Waals surface area contributed by atoms with Crippen LogP contribution in [0, 0.1) is 0 Å². The third-order valence-corrected chi connectivity index (χ3v) is 2.38. The van der Waals surface area contributed by atoms with Gasteiger partial charge in [-0.15, -0.1) is 0 Å². The van der Waals surface area contributed by atoms with Crippen molar-refractivity contribution in [2.45, 2.75) is 32.4 Å². The maximum atomic E-state index is 5.73. The molecule has 1 rings (SSSR count). The van der Waals surface area contributed by atoms with Crippen molar-refractivity contribution in [1.29, 1.82) is 0 Å². The van der Waals surface area contributed by atoms with Gasteiger partial charge in [-0.05, 0) is 38.5 Å². The molecule has 17 heavy (non-hydrogen) atoms. The summed E-state index contributed by atoms with van der Waals surface area (Å²) in [6, 6.07) is 7.76. The Kier molecular flexibility index (Phi) is 4.93. The molecule has 0 saturated heterocycles. The van der Waals surface area contributed by atoms with Crippen molar-refractivity contribution in [2.24, 2.45) is 5.84 Å². The third kappa shape index (κ3) is 4.73. The van der Waals surface area contributed by atoms with E-state index >= 15 is 0 Å². The Balaban J connectivity index is 2.72. The molecule has 0 radical (unpaired) electrons. The molecule has 1 unspecified atom stereocenters. The lowest BCUT2D eigenvalue weighted by molar-refractivity contribution is -0.0148. The Morgan fingerprint density at radius 2 is 2.06 bits per heavy atom. The van der Waals surface area contributed by atoms with E-state index in [9.17, 15) is 0 Å². The van der Waals surface area contributed by atoms with Crippen molar-refractivity contribution in [3.05, 3.63) is 29.8 Å². The monoisotopic (exact) mass is 238 g/mol. The van der Waals surface area contributed by atoms with Gasteiger partial charge in [-0.1, -0.05) is 12.1 Å². The van der Waals surface area contributed by atoms with Crippen molar-refractivity contribution in [3.8, 4) is 5.75 Å². The van der Waals surface area contributed by atoms with E-state index in [-0.39, 0.29) is 11.6 Å². The summed E-state index contributed by atoms with van der Waals surface area (Å²) in [5.41, 5.74) is 3.64. The van der Waals surface area contributed by atoms with E-state index in [1.165, 1.54) is 0 Å². The van der Waals surface area contributed by atoms with E-state index in [1.54, 1.807) is 7.11 Å². The van der Waals surface area contributed by atoms with Crippen molar-refractivity contribution in [3.63, 3.8) is 0 Å². The van der Waals surface area contributed by atoms with Crippen LogP contribution in [-0.4, -0.2) is 19.3 Å². The van der Waals surface area contributed by atoms with Crippen molar-refractivity contribution < 1.29 is 9.47 Å². The molecule has 4 nitrogen and oxygen atoms in total. The van der Waals surface area contributed by atoms with Crippen molar-refractivity contribution in [2.75, 3.05) is 13.7 Å². The van der Waals surface area contributed by atoms with Gasteiger partial charge >= 0.3 is 0 Å². The Morgan fingerprint density at radius 1 is 1.35 bits per heavy atom. The number of nitrogens with two attached hydrogens (primary N) is 1. The number of nitrogens with one attached hydrogen (secondary N) is 1. The Morgan fingerprint density at radius 3 is 2.59 bits per heavy atom. The number of benzene rings is 1.